The van der Waals surface area contributed by atoms with Crippen LogP contribution in [0.2, 0.25) is 0 Å². The minimum absolute atomic E-state index is 1.03. The summed E-state index contributed by atoms with van der Waals surface area (Å²) >= 11 is 0. The van der Waals surface area contributed by atoms with Crippen molar-refractivity contribution in [1.29, 1.82) is 0 Å². The second-order valence-corrected chi connectivity index (χ2v) is 5.77. The summed E-state index contributed by atoms with van der Waals surface area (Å²) < 4.78 is 0. The number of anilines is 1. The Bertz CT molecular complexity index is 977. The Hall–Kier alpha value is -3.13. The molecular formula is C22H18N2. The number of pyridine rings is 1. The predicted octanol–water partition coefficient (Wildman–Crippen LogP) is 5.60. The molecule has 0 radical (unpaired) electrons. The van der Waals surface area contributed by atoms with Gasteiger partial charge in [0.25, 0.3) is 0 Å². The van der Waals surface area contributed by atoms with E-state index >= 15 is 0 Å². The Labute approximate surface area is 141 Å². The van der Waals surface area contributed by atoms with Gasteiger partial charge in [-0.3, -0.25) is 0 Å². The van der Waals surface area contributed by atoms with Crippen molar-refractivity contribution in [2.75, 3.05) is 12.4 Å². The fourth-order valence-electron chi connectivity index (χ4n) is 2.99. The average molecular weight is 310 g/mol. The van der Waals surface area contributed by atoms with Gasteiger partial charge in [-0.1, -0.05) is 60.7 Å². The third-order valence-electron chi connectivity index (χ3n) is 4.27. The van der Waals surface area contributed by atoms with Crippen molar-refractivity contribution in [1.82, 2.24) is 4.98 Å². The molecule has 0 aliphatic rings. The van der Waals surface area contributed by atoms with Gasteiger partial charge >= 0.3 is 0 Å². The zero-order valence-electron chi connectivity index (χ0n) is 13.5. The highest BCUT2D eigenvalue weighted by Crippen LogP contribution is 2.27. The highest BCUT2D eigenvalue weighted by atomic mass is 14.8. The lowest BCUT2D eigenvalue weighted by molar-refractivity contribution is 1.49. The molecular weight excluding hydrogens is 292 g/mol. The molecule has 0 atom stereocenters. The summed E-state index contributed by atoms with van der Waals surface area (Å²) in [7, 11) is 1.93. The summed E-state index contributed by atoms with van der Waals surface area (Å²) in [5.41, 5.74) is 5.57. The van der Waals surface area contributed by atoms with Crippen LogP contribution in [0.15, 0.2) is 72.8 Å². The lowest BCUT2D eigenvalue weighted by atomic mass is 10.0. The molecule has 4 aromatic rings. The van der Waals surface area contributed by atoms with E-state index in [-0.39, 0.29) is 0 Å². The van der Waals surface area contributed by atoms with Gasteiger partial charge in [0.15, 0.2) is 0 Å². The third kappa shape index (κ3) is 2.63. The number of hydrogen-bond acceptors (Lipinski definition) is 2. The van der Waals surface area contributed by atoms with E-state index in [1.807, 2.05) is 19.2 Å². The fraction of sp³-hybridized carbons (Fsp3) is 0.0455. The topological polar surface area (TPSA) is 24.9 Å². The van der Waals surface area contributed by atoms with Gasteiger partial charge in [0.1, 0.15) is 0 Å². The van der Waals surface area contributed by atoms with Gasteiger partial charge in [0, 0.05) is 23.5 Å². The van der Waals surface area contributed by atoms with Gasteiger partial charge < -0.3 is 5.32 Å². The highest BCUT2D eigenvalue weighted by molar-refractivity contribution is 6.04. The van der Waals surface area contributed by atoms with Crippen molar-refractivity contribution in [2.24, 2.45) is 0 Å². The molecule has 0 saturated carbocycles. The molecule has 1 N–H and O–H groups in total. The van der Waals surface area contributed by atoms with Gasteiger partial charge in [-0.15, -0.1) is 0 Å². The second kappa shape index (κ2) is 6.17. The quantitative estimate of drug-likeness (QED) is 0.498. The fourth-order valence-corrected chi connectivity index (χ4v) is 2.99. The molecule has 24 heavy (non-hydrogen) atoms. The molecule has 0 aliphatic carbocycles. The van der Waals surface area contributed by atoms with Crippen LogP contribution in [0.25, 0.3) is 34.0 Å². The molecule has 0 unspecified atom stereocenters. The van der Waals surface area contributed by atoms with Crippen molar-refractivity contribution in [3.63, 3.8) is 0 Å². The largest absolute Gasteiger partial charge is 0.388 e. The Kier molecular flexibility index (Phi) is 3.72. The zero-order chi connectivity index (χ0) is 16.4. The van der Waals surface area contributed by atoms with E-state index in [1.54, 1.807) is 0 Å². The summed E-state index contributed by atoms with van der Waals surface area (Å²) in [5.74, 6) is 0. The number of para-hydroxylation sites is 2. The van der Waals surface area contributed by atoms with Crippen LogP contribution in [0.5, 0.6) is 0 Å². The minimum Gasteiger partial charge on any atom is -0.388 e. The molecule has 1 aromatic heterocycles. The molecule has 0 fully saturated rings. The molecule has 116 valence electrons. The maximum absolute atomic E-state index is 4.77. The molecule has 2 heteroatoms. The van der Waals surface area contributed by atoms with Crippen LogP contribution < -0.4 is 5.32 Å². The first kappa shape index (κ1) is 14.5. The number of rotatable bonds is 3. The summed E-state index contributed by atoms with van der Waals surface area (Å²) in [6, 6.07) is 25.0. The van der Waals surface area contributed by atoms with Crippen molar-refractivity contribution < 1.29 is 0 Å². The maximum Gasteiger partial charge on any atom is 0.0715 e. The number of benzene rings is 3. The monoisotopic (exact) mass is 310 g/mol. The number of nitrogens with zero attached hydrogens (tertiary/aromatic N) is 1. The smallest absolute Gasteiger partial charge is 0.0715 e. The summed E-state index contributed by atoms with van der Waals surface area (Å²) in [6.07, 6.45) is 4.36. The first-order valence-electron chi connectivity index (χ1n) is 8.08. The second-order valence-electron chi connectivity index (χ2n) is 5.77. The summed E-state index contributed by atoms with van der Waals surface area (Å²) in [5, 5.41) is 5.50. The Morgan fingerprint density at radius 3 is 1.88 bits per heavy atom. The van der Waals surface area contributed by atoms with E-state index in [2.05, 4.69) is 78.1 Å². The Morgan fingerprint density at radius 1 is 0.708 bits per heavy atom. The predicted molar refractivity (Wildman–Crippen MR) is 104 cm³/mol. The number of nitrogens with one attached hydrogen (secondary N) is 1. The van der Waals surface area contributed by atoms with Crippen molar-refractivity contribution in [3.05, 3.63) is 83.9 Å². The van der Waals surface area contributed by atoms with E-state index in [0.29, 0.717) is 0 Å². The van der Waals surface area contributed by atoms with E-state index in [9.17, 15) is 0 Å². The molecule has 3 aromatic carbocycles. The lowest BCUT2D eigenvalue weighted by Gasteiger charge is -2.07. The molecule has 0 aliphatic heterocycles. The van der Waals surface area contributed by atoms with E-state index < -0.39 is 0 Å². The zero-order valence-corrected chi connectivity index (χ0v) is 13.5. The molecule has 0 spiro atoms. The number of hydrogen-bond donors (Lipinski definition) is 1. The standard InChI is InChI=1S/C22H18N2/c1-23-17-13-10-16(11-14-17)12-15-18-19-6-2-4-8-21(19)24-22-9-5-3-7-20(18)22/h2-15,23H,1H3/b15-12+. The van der Waals surface area contributed by atoms with Crippen LogP contribution in [0, 0.1) is 0 Å². The van der Waals surface area contributed by atoms with Crippen molar-refractivity contribution in [2.45, 2.75) is 0 Å². The summed E-state index contributed by atoms with van der Waals surface area (Å²) in [4.78, 5) is 4.77. The van der Waals surface area contributed by atoms with Crippen molar-refractivity contribution >= 4 is 39.6 Å². The first-order chi connectivity index (χ1) is 11.8. The Balaban J connectivity index is 1.87. The molecule has 0 bridgehead atoms. The number of aromatic nitrogens is 1. The number of fused-ring (bicyclic) bond motifs is 2. The Morgan fingerprint density at radius 2 is 1.29 bits per heavy atom. The van der Waals surface area contributed by atoms with Crippen LogP contribution in [0.3, 0.4) is 0 Å². The van der Waals surface area contributed by atoms with Crippen LogP contribution in [-0.4, -0.2) is 12.0 Å². The minimum atomic E-state index is 1.03. The normalized spacial score (nSPS) is 11.4. The van der Waals surface area contributed by atoms with E-state index in [0.717, 1.165) is 16.7 Å². The van der Waals surface area contributed by atoms with E-state index in [4.69, 9.17) is 4.98 Å². The van der Waals surface area contributed by atoms with Gasteiger partial charge in [-0.2, -0.15) is 0 Å². The average Bonchev–Trinajstić information content (AvgIpc) is 2.65. The van der Waals surface area contributed by atoms with Gasteiger partial charge in [0.2, 0.25) is 0 Å². The van der Waals surface area contributed by atoms with E-state index in [1.165, 1.54) is 21.9 Å². The molecule has 2 nitrogen and oxygen atoms in total. The van der Waals surface area contributed by atoms with Gasteiger partial charge in [-0.05, 0) is 35.4 Å². The first-order valence-corrected chi connectivity index (χ1v) is 8.08. The van der Waals surface area contributed by atoms with Crippen LogP contribution in [0.1, 0.15) is 11.1 Å². The SMILES string of the molecule is CNc1ccc(/C=C/c2c3ccccc3nc3ccccc23)cc1. The molecule has 1 heterocycles. The molecule has 0 saturated heterocycles. The summed E-state index contributed by atoms with van der Waals surface area (Å²) in [6.45, 7) is 0. The highest BCUT2D eigenvalue weighted by Gasteiger charge is 2.05. The molecule has 0 amide bonds. The maximum atomic E-state index is 4.77. The van der Waals surface area contributed by atoms with Crippen LogP contribution in [0.4, 0.5) is 5.69 Å². The molecule has 4 rings (SSSR count). The van der Waals surface area contributed by atoms with Crippen LogP contribution in [-0.2, 0) is 0 Å². The van der Waals surface area contributed by atoms with Gasteiger partial charge in [-0.25, -0.2) is 4.98 Å². The van der Waals surface area contributed by atoms with Crippen LogP contribution >= 0.6 is 0 Å². The van der Waals surface area contributed by atoms with Gasteiger partial charge in [0.05, 0.1) is 11.0 Å². The lowest BCUT2D eigenvalue weighted by Crippen LogP contribution is -1.88. The van der Waals surface area contributed by atoms with Crippen molar-refractivity contribution in [3.8, 4) is 0 Å². The third-order valence-corrected chi connectivity index (χ3v) is 4.27.